The summed E-state index contributed by atoms with van der Waals surface area (Å²) in [6.07, 6.45) is 3.81. The molecule has 1 rings (SSSR count). The van der Waals surface area contributed by atoms with Crippen molar-refractivity contribution in [2.24, 2.45) is 5.92 Å². The first-order valence-electron chi connectivity index (χ1n) is 7.05. The largest absolute Gasteiger partial charge is 0.341 e. The molecule has 0 aliphatic carbocycles. The minimum absolute atomic E-state index is 0.0164. The molecule has 0 saturated heterocycles. The van der Waals surface area contributed by atoms with Crippen LogP contribution in [0.1, 0.15) is 33.6 Å². The van der Waals surface area contributed by atoms with Gasteiger partial charge < -0.3 is 9.47 Å². The molecular formula is C15H24N2O2. The van der Waals surface area contributed by atoms with E-state index in [9.17, 15) is 9.59 Å². The molecule has 1 heterocycles. The van der Waals surface area contributed by atoms with E-state index in [1.54, 1.807) is 18.3 Å². The van der Waals surface area contributed by atoms with Crippen LogP contribution < -0.4 is 5.56 Å². The summed E-state index contributed by atoms with van der Waals surface area (Å²) in [5.74, 6) is 0.555. The third-order valence-corrected chi connectivity index (χ3v) is 3.57. The number of pyridine rings is 1. The topological polar surface area (TPSA) is 42.3 Å². The first-order chi connectivity index (χ1) is 9.12. The SMILES string of the molecule is CCC(CC)CN(CC)C(=O)Cn1ccccc1=O. The fraction of sp³-hybridized carbons (Fsp3) is 0.600. The number of aromatic nitrogens is 1. The number of rotatable bonds is 7. The highest BCUT2D eigenvalue weighted by atomic mass is 16.2. The summed E-state index contributed by atoms with van der Waals surface area (Å²) in [4.78, 5) is 25.7. The van der Waals surface area contributed by atoms with E-state index in [0.29, 0.717) is 12.5 Å². The van der Waals surface area contributed by atoms with Crippen molar-refractivity contribution < 1.29 is 4.79 Å². The van der Waals surface area contributed by atoms with Crippen LogP contribution in [-0.4, -0.2) is 28.5 Å². The molecule has 106 valence electrons. The molecule has 19 heavy (non-hydrogen) atoms. The molecule has 1 amide bonds. The Bertz CT molecular complexity index is 449. The lowest BCUT2D eigenvalue weighted by Gasteiger charge is -2.25. The van der Waals surface area contributed by atoms with Gasteiger partial charge in [0, 0.05) is 25.4 Å². The Morgan fingerprint density at radius 2 is 1.95 bits per heavy atom. The van der Waals surface area contributed by atoms with Crippen LogP contribution in [0.3, 0.4) is 0 Å². The van der Waals surface area contributed by atoms with Gasteiger partial charge in [-0.1, -0.05) is 32.8 Å². The van der Waals surface area contributed by atoms with E-state index in [4.69, 9.17) is 0 Å². The van der Waals surface area contributed by atoms with Gasteiger partial charge in [0.2, 0.25) is 5.91 Å². The summed E-state index contributed by atoms with van der Waals surface area (Å²) < 4.78 is 1.46. The first kappa shape index (κ1) is 15.5. The Morgan fingerprint density at radius 3 is 2.47 bits per heavy atom. The average Bonchev–Trinajstić information content (AvgIpc) is 2.42. The summed E-state index contributed by atoms with van der Waals surface area (Å²) in [6, 6.07) is 4.93. The molecule has 0 saturated carbocycles. The highest BCUT2D eigenvalue weighted by Gasteiger charge is 2.16. The average molecular weight is 264 g/mol. The standard InChI is InChI=1S/C15H24N2O2/c1-4-13(5-2)11-16(6-3)15(19)12-17-10-8-7-9-14(17)18/h7-10,13H,4-6,11-12H2,1-3H3. The molecule has 0 fully saturated rings. The molecule has 1 aromatic rings. The van der Waals surface area contributed by atoms with Crippen LogP contribution >= 0.6 is 0 Å². The van der Waals surface area contributed by atoms with Crippen molar-refractivity contribution >= 4 is 5.91 Å². The second kappa shape index (κ2) is 7.77. The Morgan fingerprint density at radius 1 is 1.26 bits per heavy atom. The van der Waals surface area contributed by atoms with Gasteiger partial charge >= 0.3 is 0 Å². The minimum atomic E-state index is -0.130. The van der Waals surface area contributed by atoms with E-state index >= 15 is 0 Å². The maximum Gasteiger partial charge on any atom is 0.250 e. The third-order valence-electron chi connectivity index (χ3n) is 3.57. The lowest BCUT2D eigenvalue weighted by molar-refractivity contribution is -0.132. The van der Waals surface area contributed by atoms with Crippen LogP contribution in [0.15, 0.2) is 29.2 Å². The van der Waals surface area contributed by atoms with Crippen LogP contribution in [0.25, 0.3) is 0 Å². The van der Waals surface area contributed by atoms with Crippen molar-refractivity contribution in [3.05, 3.63) is 34.7 Å². The maximum absolute atomic E-state index is 12.2. The number of carbonyl (C=O) groups is 1. The summed E-state index contributed by atoms with van der Waals surface area (Å²) >= 11 is 0. The van der Waals surface area contributed by atoms with E-state index in [-0.39, 0.29) is 18.0 Å². The molecule has 0 aliphatic heterocycles. The second-order valence-corrected chi connectivity index (χ2v) is 4.78. The molecule has 0 bridgehead atoms. The quantitative estimate of drug-likeness (QED) is 0.757. The molecule has 1 aromatic heterocycles. The van der Waals surface area contributed by atoms with E-state index in [1.807, 2.05) is 11.8 Å². The van der Waals surface area contributed by atoms with Gasteiger partial charge in [-0.2, -0.15) is 0 Å². The second-order valence-electron chi connectivity index (χ2n) is 4.78. The van der Waals surface area contributed by atoms with E-state index in [0.717, 1.165) is 19.4 Å². The summed E-state index contributed by atoms with van der Waals surface area (Å²) in [7, 11) is 0. The molecule has 0 aliphatic rings. The van der Waals surface area contributed by atoms with Crippen LogP contribution in [0, 0.1) is 5.92 Å². The number of carbonyl (C=O) groups excluding carboxylic acids is 1. The van der Waals surface area contributed by atoms with Crippen LogP contribution in [0.2, 0.25) is 0 Å². The zero-order valence-electron chi connectivity index (χ0n) is 12.1. The van der Waals surface area contributed by atoms with Gasteiger partial charge in [-0.05, 0) is 18.9 Å². The Labute approximate surface area is 115 Å². The van der Waals surface area contributed by atoms with E-state index in [1.165, 1.54) is 10.6 Å². The lowest BCUT2D eigenvalue weighted by atomic mass is 10.0. The Hall–Kier alpha value is -1.58. The number of hydrogen-bond donors (Lipinski definition) is 0. The van der Waals surface area contributed by atoms with Crippen LogP contribution in [-0.2, 0) is 11.3 Å². The van der Waals surface area contributed by atoms with E-state index < -0.39 is 0 Å². The van der Waals surface area contributed by atoms with Crippen molar-refractivity contribution in [1.29, 1.82) is 0 Å². The molecule has 0 N–H and O–H groups in total. The van der Waals surface area contributed by atoms with Crippen molar-refractivity contribution in [3.63, 3.8) is 0 Å². The molecule has 0 atom stereocenters. The molecule has 0 spiro atoms. The minimum Gasteiger partial charge on any atom is -0.341 e. The van der Waals surface area contributed by atoms with Gasteiger partial charge in [0.25, 0.3) is 5.56 Å². The fourth-order valence-corrected chi connectivity index (χ4v) is 2.10. The van der Waals surface area contributed by atoms with Gasteiger partial charge in [0.15, 0.2) is 0 Å². The zero-order chi connectivity index (χ0) is 14.3. The summed E-state index contributed by atoms with van der Waals surface area (Å²) in [5.41, 5.74) is -0.130. The number of hydrogen-bond acceptors (Lipinski definition) is 2. The molecule has 4 nitrogen and oxygen atoms in total. The molecule has 0 aromatic carbocycles. The molecular weight excluding hydrogens is 240 g/mol. The van der Waals surface area contributed by atoms with Gasteiger partial charge in [0.05, 0.1) is 0 Å². The lowest BCUT2D eigenvalue weighted by Crippen LogP contribution is -2.38. The monoisotopic (exact) mass is 264 g/mol. The van der Waals surface area contributed by atoms with Crippen LogP contribution in [0.5, 0.6) is 0 Å². The van der Waals surface area contributed by atoms with Gasteiger partial charge in [-0.15, -0.1) is 0 Å². The van der Waals surface area contributed by atoms with Gasteiger partial charge in [-0.25, -0.2) is 0 Å². The Kier molecular flexibility index (Phi) is 6.33. The van der Waals surface area contributed by atoms with Crippen molar-refractivity contribution in [2.75, 3.05) is 13.1 Å². The summed E-state index contributed by atoms with van der Waals surface area (Å²) in [6.45, 7) is 7.88. The smallest absolute Gasteiger partial charge is 0.250 e. The Balaban J connectivity index is 2.69. The maximum atomic E-state index is 12.2. The zero-order valence-corrected chi connectivity index (χ0v) is 12.1. The summed E-state index contributed by atoms with van der Waals surface area (Å²) in [5, 5.41) is 0. The van der Waals surface area contributed by atoms with E-state index in [2.05, 4.69) is 13.8 Å². The van der Waals surface area contributed by atoms with Crippen molar-refractivity contribution in [3.8, 4) is 0 Å². The number of amides is 1. The van der Waals surface area contributed by atoms with Crippen molar-refractivity contribution in [2.45, 2.75) is 40.2 Å². The van der Waals surface area contributed by atoms with Gasteiger partial charge in [-0.3, -0.25) is 9.59 Å². The first-order valence-corrected chi connectivity index (χ1v) is 7.05. The predicted octanol–water partition coefficient (Wildman–Crippen LogP) is 2.13. The van der Waals surface area contributed by atoms with Crippen LogP contribution in [0.4, 0.5) is 0 Å². The molecule has 4 heteroatoms. The number of nitrogens with zero attached hydrogens (tertiary/aromatic N) is 2. The highest BCUT2D eigenvalue weighted by Crippen LogP contribution is 2.10. The van der Waals surface area contributed by atoms with Gasteiger partial charge in [0.1, 0.15) is 6.54 Å². The number of likely N-dealkylation sites (N-methyl/N-ethyl adjacent to an activating group) is 1. The molecule has 0 radical (unpaired) electrons. The van der Waals surface area contributed by atoms with Crippen molar-refractivity contribution in [1.82, 2.24) is 9.47 Å². The normalized spacial score (nSPS) is 10.7. The third kappa shape index (κ3) is 4.54. The fourth-order valence-electron chi connectivity index (χ4n) is 2.10. The molecule has 0 unspecified atom stereocenters. The highest BCUT2D eigenvalue weighted by molar-refractivity contribution is 5.75. The predicted molar refractivity (Wildman–Crippen MR) is 77.0 cm³/mol.